The Morgan fingerprint density at radius 2 is 1.40 bits per heavy atom. The molecule has 3 aromatic rings. The average molecular weight is 658 g/mol. The molecule has 6 nitrogen and oxygen atoms in total. The number of benzene rings is 2. The van der Waals surface area contributed by atoms with Gasteiger partial charge in [0.25, 0.3) is 0 Å². The zero-order chi connectivity index (χ0) is 33.3. The molecular weight excluding hydrogens is 627 g/mol. The van der Waals surface area contributed by atoms with E-state index in [0.29, 0.717) is 47.5 Å². The van der Waals surface area contributed by atoms with E-state index in [2.05, 4.69) is 4.98 Å². The van der Waals surface area contributed by atoms with Crippen molar-refractivity contribution in [1.29, 1.82) is 0 Å². The van der Waals surface area contributed by atoms with Crippen LogP contribution < -0.4 is 9.80 Å². The molecule has 0 radical (unpaired) electrons. The summed E-state index contributed by atoms with van der Waals surface area (Å²) in [5.41, 5.74) is -3.89. The van der Waals surface area contributed by atoms with Crippen molar-refractivity contribution in [3.8, 4) is 11.1 Å². The lowest BCUT2D eigenvalue weighted by atomic mass is 9.81. The second-order valence-corrected chi connectivity index (χ2v) is 14.6. The van der Waals surface area contributed by atoms with Gasteiger partial charge in [0.15, 0.2) is 9.84 Å². The van der Waals surface area contributed by atoms with Crippen LogP contribution in [0.3, 0.4) is 0 Å². The number of hydrogen-bond donors (Lipinski definition) is 0. The Morgan fingerprint density at radius 3 is 1.91 bits per heavy atom. The number of hydrogen-bond acceptors (Lipinski definition) is 5. The number of anilines is 2. The van der Waals surface area contributed by atoms with Crippen molar-refractivity contribution in [2.75, 3.05) is 29.9 Å². The first-order valence-corrected chi connectivity index (χ1v) is 15.6. The van der Waals surface area contributed by atoms with Crippen molar-refractivity contribution in [1.82, 2.24) is 4.98 Å². The van der Waals surface area contributed by atoms with Crippen LogP contribution in [0.1, 0.15) is 48.9 Å². The lowest BCUT2D eigenvalue weighted by molar-refractivity contribution is -0.143. The minimum Gasteiger partial charge on any atom is -0.354 e. The van der Waals surface area contributed by atoms with Gasteiger partial charge in [-0.15, -0.1) is 0 Å². The van der Waals surface area contributed by atoms with Gasteiger partial charge in [0.05, 0.1) is 38.9 Å². The van der Waals surface area contributed by atoms with Crippen molar-refractivity contribution in [2.24, 2.45) is 0 Å². The number of aryl methyl sites for hydroxylation is 1. The molecule has 2 atom stereocenters. The topological polar surface area (TPSA) is 70.6 Å². The number of sulfone groups is 1. The Labute approximate surface area is 255 Å². The number of likely N-dealkylation sites (N-methyl/N-ethyl adjacent to an activating group) is 1. The minimum atomic E-state index is -5.10. The molecule has 5 rings (SSSR count). The third-order valence-electron chi connectivity index (χ3n) is 8.77. The molecule has 14 heteroatoms. The van der Waals surface area contributed by atoms with Crippen LogP contribution >= 0.6 is 0 Å². The summed E-state index contributed by atoms with van der Waals surface area (Å²) in [5, 5.41) is -1.10. The first kappa shape index (κ1) is 32.7. The Bertz CT molecular complexity index is 1720. The number of rotatable bonds is 5. The normalized spacial score (nSPS) is 19.9. The maximum Gasteiger partial charge on any atom is 0.416 e. The maximum absolute atomic E-state index is 14.1. The van der Waals surface area contributed by atoms with E-state index in [1.54, 1.807) is 13.0 Å². The van der Waals surface area contributed by atoms with Crippen molar-refractivity contribution >= 4 is 27.2 Å². The SMILES string of the molecule is Cc1cc(F)ccc1-c1cc(N2CC3CC[C@@H](C2)S3(=O)=O)ncc1N(C)C(=O)C(C)(C)c1cc(C(F)(F)F)cc(C(F)(F)F)c1. The van der Waals surface area contributed by atoms with Gasteiger partial charge in [-0.1, -0.05) is 6.07 Å². The van der Waals surface area contributed by atoms with Crippen LogP contribution in [0, 0.1) is 12.7 Å². The highest BCUT2D eigenvalue weighted by Crippen LogP contribution is 2.42. The molecule has 3 heterocycles. The lowest BCUT2D eigenvalue weighted by Gasteiger charge is -2.34. The molecular formula is C31H30F7N3O3S. The summed E-state index contributed by atoms with van der Waals surface area (Å²) in [6.07, 6.45) is -7.78. The second-order valence-electron chi connectivity index (χ2n) is 12.1. The van der Waals surface area contributed by atoms with Crippen LogP contribution in [0.2, 0.25) is 0 Å². The molecule has 0 aliphatic carbocycles. The fraction of sp³-hybridized carbons (Fsp3) is 0.419. The van der Waals surface area contributed by atoms with Crippen molar-refractivity contribution in [3.05, 3.63) is 76.7 Å². The summed E-state index contributed by atoms with van der Waals surface area (Å²) < 4.78 is 121. The first-order chi connectivity index (χ1) is 20.7. The number of carbonyl (C=O) groups is 1. The molecule has 242 valence electrons. The van der Waals surface area contributed by atoms with E-state index in [4.69, 9.17) is 0 Å². The Hall–Kier alpha value is -3.68. The molecule has 2 saturated heterocycles. The van der Waals surface area contributed by atoms with E-state index in [1.807, 2.05) is 4.90 Å². The molecule has 2 aliphatic rings. The van der Waals surface area contributed by atoms with E-state index < -0.39 is 66.5 Å². The van der Waals surface area contributed by atoms with Gasteiger partial charge in [0.1, 0.15) is 11.6 Å². The fourth-order valence-electron chi connectivity index (χ4n) is 6.11. The molecule has 1 unspecified atom stereocenters. The van der Waals surface area contributed by atoms with Crippen LogP contribution in [0.25, 0.3) is 11.1 Å². The highest BCUT2D eigenvalue weighted by atomic mass is 32.2. The van der Waals surface area contributed by atoms with Crippen molar-refractivity contribution < 1.29 is 43.9 Å². The van der Waals surface area contributed by atoms with Crippen molar-refractivity contribution in [3.63, 3.8) is 0 Å². The number of amides is 1. The molecule has 2 aromatic carbocycles. The molecule has 2 fully saturated rings. The Morgan fingerprint density at radius 1 is 0.867 bits per heavy atom. The summed E-state index contributed by atoms with van der Waals surface area (Å²) >= 11 is 0. The monoisotopic (exact) mass is 657 g/mol. The maximum atomic E-state index is 14.1. The minimum absolute atomic E-state index is 0.00383. The first-order valence-electron chi connectivity index (χ1n) is 14.0. The Balaban J connectivity index is 1.59. The number of fused-ring (bicyclic) bond motifs is 2. The zero-order valence-electron chi connectivity index (χ0n) is 24.7. The van der Waals surface area contributed by atoms with Gasteiger partial charge in [-0.25, -0.2) is 17.8 Å². The summed E-state index contributed by atoms with van der Waals surface area (Å²) in [5.74, 6) is -0.926. The molecule has 1 aromatic heterocycles. The fourth-order valence-corrected chi connectivity index (χ4v) is 8.36. The molecule has 1 amide bonds. The highest BCUT2D eigenvalue weighted by molar-refractivity contribution is 7.93. The average Bonchev–Trinajstić information content (AvgIpc) is 3.10. The van der Waals surface area contributed by atoms with Crippen molar-refractivity contribution in [2.45, 2.75) is 61.9 Å². The highest BCUT2D eigenvalue weighted by Gasteiger charge is 2.47. The van der Waals surface area contributed by atoms with E-state index >= 15 is 0 Å². The molecule has 0 N–H and O–H groups in total. The summed E-state index contributed by atoms with van der Waals surface area (Å²) in [6, 6.07) is 6.69. The zero-order valence-corrected chi connectivity index (χ0v) is 25.5. The van der Waals surface area contributed by atoms with Crippen LogP contribution in [0.4, 0.5) is 42.2 Å². The standard InChI is InChI=1S/C31H30F7N3O3S/c1-17-9-21(32)5-8-24(17)25-13-27(41-15-22-6-7-23(16-41)45(22,43)44)39-14-26(25)40(4)28(42)29(2,3)18-10-19(30(33,34)35)12-20(11-18)31(36,37)38/h5,8-14,22-23H,6-7,15-16H2,1-4H3/t22-,23?/m0/s1. The predicted octanol–water partition coefficient (Wildman–Crippen LogP) is 6.94. The quantitative estimate of drug-likeness (QED) is 0.278. The Kier molecular flexibility index (Phi) is 7.99. The molecule has 2 aliphatic heterocycles. The van der Waals surface area contributed by atoms with E-state index in [-0.39, 0.29) is 24.8 Å². The van der Waals surface area contributed by atoms with Crippen LogP contribution in [0.15, 0.2) is 48.7 Å². The number of nitrogens with zero attached hydrogens (tertiary/aromatic N) is 3. The number of aromatic nitrogens is 1. The summed E-state index contributed by atoms with van der Waals surface area (Å²) in [6.45, 7) is 4.53. The van der Waals surface area contributed by atoms with Gasteiger partial charge < -0.3 is 9.80 Å². The van der Waals surface area contributed by atoms with Gasteiger partial charge in [0, 0.05) is 25.7 Å². The van der Waals surface area contributed by atoms with Gasteiger partial charge in [-0.2, -0.15) is 26.3 Å². The van der Waals surface area contributed by atoms with Gasteiger partial charge in [0.2, 0.25) is 5.91 Å². The van der Waals surface area contributed by atoms with Crippen LogP contribution in [-0.2, 0) is 32.4 Å². The number of halogens is 7. The smallest absolute Gasteiger partial charge is 0.354 e. The van der Waals surface area contributed by atoms with E-state index in [9.17, 15) is 43.9 Å². The molecule has 2 bridgehead atoms. The van der Waals surface area contributed by atoms with E-state index in [1.165, 1.54) is 45.3 Å². The largest absolute Gasteiger partial charge is 0.416 e. The third-order valence-corrected chi connectivity index (χ3v) is 11.4. The summed E-state index contributed by atoms with van der Waals surface area (Å²) in [7, 11) is -1.92. The third kappa shape index (κ3) is 6.00. The predicted molar refractivity (Wildman–Crippen MR) is 155 cm³/mol. The lowest BCUT2D eigenvalue weighted by Crippen LogP contribution is -2.47. The van der Waals surface area contributed by atoms with E-state index in [0.717, 1.165) is 4.90 Å². The number of carbonyl (C=O) groups excluding carboxylic acids is 1. The molecule has 45 heavy (non-hydrogen) atoms. The second kappa shape index (κ2) is 11.0. The van der Waals surface area contributed by atoms with Gasteiger partial charge in [-0.05, 0) is 86.7 Å². The van der Waals surface area contributed by atoms with Gasteiger partial charge in [-0.3, -0.25) is 4.79 Å². The van der Waals surface area contributed by atoms with Crippen LogP contribution in [0.5, 0.6) is 0 Å². The number of pyridine rings is 1. The molecule has 0 saturated carbocycles. The molecule has 0 spiro atoms. The summed E-state index contributed by atoms with van der Waals surface area (Å²) in [4.78, 5) is 21.4. The number of alkyl halides is 6. The van der Waals surface area contributed by atoms with Gasteiger partial charge >= 0.3 is 12.4 Å². The van der Waals surface area contributed by atoms with Crippen LogP contribution in [-0.4, -0.2) is 49.9 Å².